The SMILES string of the molecule is c1ccc(-c2ccc(-c3cc(-c4ccccc4)nc(-c4cc(-c5cccnc5)cc(-c5nc(-c6ccccc6)c6ccc(-c7ccccc7)cc6n5)c4)n3)cc2)cc1. The van der Waals surface area contributed by atoms with Crippen molar-refractivity contribution in [1.29, 1.82) is 0 Å². The lowest BCUT2D eigenvalue weighted by Crippen LogP contribution is -1.99. The van der Waals surface area contributed by atoms with Crippen LogP contribution in [-0.2, 0) is 0 Å². The average Bonchev–Trinajstić information content (AvgIpc) is 3.32. The molecule has 0 N–H and O–H groups in total. The normalized spacial score (nSPS) is 11.1. The highest BCUT2D eigenvalue weighted by Crippen LogP contribution is 2.36. The molecule has 5 heteroatoms. The lowest BCUT2D eigenvalue weighted by molar-refractivity contribution is 1.18. The van der Waals surface area contributed by atoms with Crippen molar-refractivity contribution in [3.8, 4) is 89.9 Å². The Kier molecular flexibility index (Phi) is 9.14. The Balaban J connectivity index is 1.17. The molecule has 10 aromatic rings. The molecule has 0 saturated carbocycles. The molecule has 5 nitrogen and oxygen atoms in total. The van der Waals surface area contributed by atoms with Crippen LogP contribution in [0.2, 0.25) is 0 Å². The molecule has 0 aliphatic carbocycles. The lowest BCUT2D eigenvalue weighted by Gasteiger charge is -2.14. The minimum absolute atomic E-state index is 0.603. The highest BCUT2D eigenvalue weighted by molar-refractivity contribution is 5.96. The van der Waals surface area contributed by atoms with Gasteiger partial charge in [0.25, 0.3) is 0 Å². The van der Waals surface area contributed by atoms with Gasteiger partial charge in [-0.05, 0) is 70.3 Å². The van der Waals surface area contributed by atoms with Gasteiger partial charge in [0, 0.05) is 51.2 Å². The summed E-state index contributed by atoms with van der Waals surface area (Å²) >= 11 is 0. The van der Waals surface area contributed by atoms with E-state index in [1.165, 1.54) is 5.56 Å². The van der Waals surface area contributed by atoms with Crippen LogP contribution >= 0.6 is 0 Å². The summed E-state index contributed by atoms with van der Waals surface area (Å²) in [4.78, 5) is 25.6. The fourth-order valence-corrected chi connectivity index (χ4v) is 7.42. The van der Waals surface area contributed by atoms with E-state index >= 15 is 0 Å². The zero-order valence-corrected chi connectivity index (χ0v) is 31.4. The molecule has 3 heterocycles. The maximum absolute atomic E-state index is 5.31. The molecule has 0 aliphatic rings. The highest BCUT2D eigenvalue weighted by Gasteiger charge is 2.18. The van der Waals surface area contributed by atoms with Crippen LogP contribution in [0.4, 0.5) is 0 Å². The molecule has 0 unspecified atom stereocenters. The van der Waals surface area contributed by atoms with Gasteiger partial charge in [-0.15, -0.1) is 0 Å². The van der Waals surface area contributed by atoms with E-state index in [0.717, 1.165) is 83.6 Å². The van der Waals surface area contributed by atoms with Gasteiger partial charge in [0.2, 0.25) is 0 Å². The van der Waals surface area contributed by atoms with Crippen LogP contribution in [0.25, 0.3) is 101 Å². The molecule has 0 amide bonds. The third-order valence-electron chi connectivity index (χ3n) is 10.4. The van der Waals surface area contributed by atoms with Gasteiger partial charge >= 0.3 is 0 Å². The monoisotopic (exact) mass is 741 g/mol. The van der Waals surface area contributed by atoms with E-state index < -0.39 is 0 Å². The summed E-state index contributed by atoms with van der Waals surface area (Å²) < 4.78 is 0. The first-order chi connectivity index (χ1) is 28.7. The largest absolute Gasteiger partial charge is 0.264 e. The molecule has 10 rings (SSSR count). The first-order valence-electron chi connectivity index (χ1n) is 19.3. The first-order valence-corrected chi connectivity index (χ1v) is 19.3. The van der Waals surface area contributed by atoms with E-state index in [1.54, 1.807) is 6.20 Å². The Morgan fingerprint density at radius 3 is 1.34 bits per heavy atom. The molecule has 0 spiro atoms. The van der Waals surface area contributed by atoms with E-state index in [1.807, 2.05) is 60.8 Å². The van der Waals surface area contributed by atoms with Crippen LogP contribution in [0.15, 0.2) is 213 Å². The predicted molar refractivity (Wildman–Crippen MR) is 236 cm³/mol. The molecular weight excluding hydrogens is 707 g/mol. The predicted octanol–water partition coefficient (Wildman–Crippen LogP) is 13.2. The number of nitrogens with zero attached hydrogens (tertiary/aromatic N) is 5. The maximum atomic E-state index is 5.31. The Bertz CT molecular complexity index is 3010. The van der Waals surface area contributed by atoms with E-state index in [4.69, 9.17) is 19.9 Å². The maximum Gasteiger partial charge on any atom is 0.160 e. The Hall–Kier alpha value is -7.89. The Morgan fingerprint density at radius 1 is 0.276 bits per heavy atom. The quantitative estimate of drug-likeness (QED) is 0.155. The van der Waals surface area contributed by atoms with Gasteiger partial charge in [0.1, 0.15) is 0 Å². The van der Waals surface area contributed by atoms with Crippen molar-refractivity contribution in [3.63, 3.8) is 0 Å². The highest BCUT2D eigenvalue weighted by atomic mass is 14.9. The zero-order valence-electron chi connectivity index (χ0n) is 31.4. The van der Waals surface area contributed by atoms with Crippen LogP contribution in [0.3, 0.4) is 0 Å². The molecule has 272 valence electrons. The Morgan fingerprint density at radius 2 is 0.741 bits per heavy atom. The van der Waals surface area contributed by atoms with E-state index in [2.05, 4.69) is 151 Å². The molecule has 0 bridgehead atoms. The van der Waals surface area contributed by atoms with E-state index in [-0.39, 0.29) is 0 Å². The summed E-state index contributed by atoms with van der Waals surface area (Å²) in [5.41, 5.74) is 14.6. The van der Waals surface area contributed by atoms with Crippen LogP contribution in [-0.4, -0.2) is 24.9 Å². The smallest absolute Gasteiger partial charge is 0.160 e. The Labute approximate surface area is 337 Å². The standard InChI is InChI=1S/C53H35N5/c1-5-14-36(15-6-1)38-23-25-40(26-24-38)49-34-48(39-18-9-3-10-19-39)55-52(56-49)45-30-44(43-22-13-29-54-35-43)31-46(32-45)53-57-50-33-42(37-16-7-2-8-17-37)27-28-47(50)51(58-53)41-20-11-4-12-21-41/h1-35H. The second kappa shape index (κ2) is 15.3. The number of rotatable bonds is 8. The van der Waals surface area contributed by atoms with Crippen molar-refractivity contribution in [2.24, 2.45) is 0 Å². The molecule has 0 saturated heterocycles. The third-order valence-corrected chi connectivity index (χ3v) is 10.4. The third kappa shape index (κ3) is 7.04. The fraction of sp³-hybridized carbons (Fsp3) is 0. The summed E-state index contributed by atoms with van der Waals surface area (Å²) in [6.07, 6.45) is 3.67. The van der Waals surface area contributed by atoms with Crippen molar-refractivity contribution in [3.05, 3.63) is 213 Å². The molecule has 0 fully saturated rings. The molecule has 3 aromatic heterocycles. The minimum atomic E-state index is 0.603. The van der Waals surface area contributed by atoms with Gasteiger partial charge < -0.3 is 0 Å². The second-order valence-corrected chi connectivity index (χ2v) is 14.2. The summed E-state index contributed by atoms with van der Waals surface area (Å²) in [6.45, 7) is 0. The van der Waals surface area contributed by atoms with Crippen molar-refractivity contribution in [2.45, 2.75) is 0 Å². The lowest BCUT2D eigenvalue weighted by atomic mass is 9.98. The number of pyridine rings is 1. The van der Waals surface area contributed by atoms with Gasteiger partial charge in [0.05, 0.1) is 22.6 Å². The van der Waals surface area contributed by atoms with Crippen LogP contribution in [0.5, 0.6) is 0 Å². The number of benzene rings is 7. The second-order valence-electron chi connectivity index (χ2n) is 14.2. The topological polar surface area (TPSA) is 64.5 Å². The van der Waals surface area contributed by atoms with E-state index in [9.17, 15) is 0 Å². The number of hydrogen-bond donors (Lipinski definition) is 0. The summed E-state index contributed by atoms with van der Waals surface area (Å²) in [6, 6.07) is 69.0. The van der Waals surface area contributed by atoms with Crippen molar-refractivity contribution < 1.29 is 0 Å². The average molecular weight is 742 g/mol. The molecule has 7 aromatic carbocycles. The summed E-state index contributed by atoms with van der Waals surface area (Å²) in [7, 11) is 0. The number of aromatic nitrogens is 5. The van der Waals surface area contributed by atoms with Crippen molar-refractivity contribution >= 4 is 10.9 Å². The molecule has 0 aliphatic heterocycles. The van der Waals surface area contributed by atoms with Crippen LogP contribution < -0.4 is 0 Å². The van der Waals surface area contributed by atoms with Gasteiger partial charge in [-0.2, -0.15) is 0 Å². The summed E-state index contributed by atoms with van der Waals surface area (Å²) in [5, 5.41) is 0.986. The number of hydrogen-bond acceptors (Lipinski definition) is 5. The minimum Gasteiger partial charge on any atom is -0.264 e. The molecular formula is C53H35N5. The molecule has 0 radical (unpaired) electrons. The van der Waals surface area contributed by atoms with Gasteiger partial charge in [-0.25, -0.2) is 19.9 Å². The zero-order chi connectivity index (χ0) is 38.7. The molecule has 58 heavy (non-hydrogen) atoms. The summed E-state index contributed by atoms with van der Waals surface area (Å²) in [5.74, 6) is 1.21. The van der Waals surface area contributed by atoms with Gasteiger partial charge in [-0.3, -0.25) is 4.98 Å². The molecule has 0 atom stereocenters. The van der Waals surface area contributed by atoms with Crippen LogP contribution in [0, 0.1) is 0 Å². The van der Waals surface area contributed by atoms with Crippen molar-refractivity contribution in [1.82, 2.24) is 24.9 Å². The van der Waals surface area contributed by atoms with Crippen LogP contribution in [0.1, 0.15) is 0 Å². The number of fused-ring (bicyclic) bond motifs is 1. The van der Waals surface area contributed by atoms with Crippen molar-refractivity contribution in [2.75, 3.05) is 0 Å². The van der Waals surface area contributed by atoms with E-state index in [0.29, 0.717) is 11.6 Å². The fourth-order valence-electron chi connectivity index (χ4n) is 7.42. The van der Waals surface area contributed by atoms with Gasteiger partial charge in [-0.1, -0.05) is 158 Å². The first kappa shape index (κ1) is 34.6. The van der Waals surface area contributed by atoms with Gasteiger partial charge in [0.15, 0.2) is 11.6 Å².